The van der Waals surface area contributed by atoms with Gasteiger partial charge >= 0.3 is 0 Å². The lowest BCUT2D eigenvalue weighted by molar-refractivity contribution is 0.0708. The predicted octanol–water partition coefficient (Wildman–Crippen LogP) is 6.36. The average Bonchev–Trinajstić information content (AvgIpc) is 2.83. The third kappa shape index (κ3) is 3.40. The van der Waals surface area contributed by atoms with E-state index in [1.807, 2.05) is 30.3 Å². The van der Waals surface area contributed by atoms with E-state index in [0.717, 1.165) is 30.5 Å². The first kappa shape index (κ1) is 18.6. The molecule has 2 aromatic rings. The van der Waals surface area contributed by atoms with E-state index in [0.29, 0.717) is 22.0 Å². The van der Waals surface area contributed by atoms with E-state index < -0.39 is 0 Å². The Morgan fingerprint density at radius 1 is 1.11 bits per heavy atom. The van der Waals surface area contributed by atoms with Crippen LogP contribution in [0.25, 0.3) is 11.1 Å². The molecule has 0 N–H and O–H groups in total. The van der Waals surface area contributed by atoms with Gasteiger partial charge in [0.25, 0.3) is 5.91 Å². The van der Waals surface area contributed by atoms with Gasteiger partial charge in [-0.15, -0.1) is 0 Å². The number of nitrogens with zero attached hydrogens (tertiary/aromatic N) is 1. The van der Waals surface area contributed by atoms with Crippen LogP contribution in [0.5, 0.6) is 0 Å². The number of benzene rings is 2. The number of carbonyl (C=O) groups is 1. The van der Waals surface area contributed by atoms with E-state index >= 15 is 0 Å². The summed E-state index contributed by atoms with van der Waals surface area (Å²) in [5.74, 6) is 0.0859. The molecule has 2 nitrogen and oxygen atoms in total. The van der Waals surface area contributed by atoms with E-state index in [9.17, 15) is 4.79 Å². The van der Waals surface area contributed by atoms with Gasteiger partial charge in [0.15, 0.2) is 0 Å². The Morgan fingerprint density at radius 3 is 2.56 bits per heavy atom. The van der Waals surface area contributed by atoms with Crippen LogP contribution in [0.15, 0.2) is 42.5 Å². The van der Waals surface area contributed by atoms with E-state index in [2.05, 4.69) is 44.7 Å². The molecule has 2 bridgehead atoms. The Balaban J connectivity index is 1.63. The fourth-order valence-electron chi connectivity index (χ4n) is 5.60. The smallest absolute Gasteiger partial charge is 0.255 e. The van der Waals surface area contributed by atoms with E-state index in [4.69, 9.17) is 11.6 Å². The third-order valence-electron chi connectivity index (χ3n) is 6.33. The second-order valence-corrected chi connectivity index (χ2v) is 10.1. The first-order chi connectivity index (χ1) is 12.7. The molecule has 1 heterocycles. The standard InChI is InChI=1S/C24H28ClNO/c1-16-7-5-6-8-19(16)17-9-10-20(21(25)11-17)22(27)26-15-24(4)13-18(26)12-23(2,3)14-24/h5-11,18H,12-15H2,1-4H3/t18-,24+/m0/s1. The number of hydrogen-bond donors (Lipinski definition) is 0. The first-order valence-electron chi connectivity index (χ1n) is 9.84. The average molecular weight is 382 g/mol. The summed E-state index contributed by atoms with van der Waals surface area (Å²) in [5.41, 5.74) is 4.58. The molecule has 1 saturated heterocycles. The van der Waals surface area contributed by atoms with Crippen molar-refractivity contribution in [3.05, 3.63) is 58.6 Å². The Bertz CT molecular complexity index is 903. The second-order valence-electron chi connectivity index (χ2n) is 9.66. The summed E-state index contributed by atoms with van der Waals surface area (Å²) in [6.07, 6.45) is 3.37. The van der Waals surface area contributed by atoms with E-state index in [-0.39, 0.29) is 11.3 Å². The topological polar surface area (TPSA) is 20.3 Å². The normalized spacial score (nSPS) is 26.3. The van der Waals surface area contributed by atoms with Crippen molar-refractivity contribution in [3.63, 3.8) is 0 Å². The number of amides is 1. The van der Waals surface area contributed by atoms with Gasteiger partial charge in [0.05, 0.1) is 10.6 Å². The maximum Gasteiger partial charge on any atom is 0.255 e. The zero-order valence-electron chi connectivity index (χ0n) is 16.7. The molecular weight excluding hydrogens is 354 g/mol. The molecule has 0 spiro atoms. The number of fused-ring (bicyclic) bond motifs is 2. The van der Waals surface area contributed by atoms with Crippen LogP contribution in [-0.2, 0) is 0 Å². The minimum Gasteiger partial charge on any atom is -0.335 e. The van der Waals surface area contributed by atoms with Gasteiger partial charge in [-0.05, 0) is 65.8 Å². The van der Waals surface area contributed by atoms with Gasteiger partial charge in [-0.25, -0.2) is 0 Å². The highest BCUT2D eigenvalue weighted by Gasteiger charge is 2.51. The van der Waals surface area contributed by atoms with Crippen LogP contribution >= 0.6 is 11.6 Å². The lowest BCUT2D eigenvalue weighted by atomic mass is 9.65. The van der Waals surface area contributed by atoms with Crippen molar-refractivity contribution in [2.75, 3.05) is 6.54 Å². The molecule has 3 heteroatoms. The van der Waals surface area contributed by atoms with Crippen LogP contribution in [0.3, 0.4) is 0 Å². The van der Waals surface area contributed by atoms with Crippen molar-refractivity contribution in [1.82, 2.24) is 4.90 Å². The lowest BCUT2D eigenvalue weighted by Gasteiger charge is -2.39. The highest BCUT2D eigenvalue weighted by molar-refractivity contribution is 6.34. The van der Waals surface area contributed by atoms with Gasteiger partial charge in [0.2, 0.25) is 0 Å². The molecule has 27 heavy (non-hydrogen) atoms. The molecule has 2 fully saturated rings. The SMILES string of the molecule is Cc1ccccc1-c1ccc(C(=O)N2C[C@]3(C)C[C@@H]2CC(C)(C)C3)c(Cl)c1. The van der Waals surface area contributed by atoms with Gasteiger partial charge in [-0.3, -0.25) is 4.79 Å². The molecule has 2 aromatic carbocycles. The lowest BCUT2D eigenvalue weighted by Crippen LogP contribution is -2.37. The van der Waals surface area contributed by atoms with Crippen molar-refractivity contribution in [2.24, 2.45) is 10.8 Å². The summed E-state index contributed by atoms with van der Waals surface area (Å²) in [6, 6.07) is 14.4. The maximum atomic E-state index is 13.3. The Hall–Kier alpha value is -1.80. The molecule has 1 saturated carbocycles. The maximum absolute atomic E-state index is 13.3. The minimum absolute atomic E-state index is 0.0859. The van der Waals surface area contributed by atoms with Crippen LogP contribution in [0.4, 0.5) is 0 Å². The molecular formula is C24H28ClNO. The van der Waals surface area contributed by atoms with Gasteiger partial charge in [0, 0.05) is 12.6 Å². The Kier molecular flexibility index (Phi) is 4.38. The Morgan fingerprint density at radius 2 is 1.85 bits per heavy atom. The van der Waals surface area contributed by atoms with Gasteiger partial charge in [-0.1, -0.05) is 62.7 Å². The number of carbonyl (C=O) groups excluding carboxylic acids is 1. The Labute approximate surface area is 167 Å². The van der Waals surface area contributed by atoms with Gasteiger partial charge in [0.1, 0.15) is 0 Å². The number of aryl methyl sites for hydroxylation is 1. The molecule has 1 aliphatic carbocycles. The van der Waals surface area contributed by atoms with E-state index in [1.54, 1.807) is 0 Å². The zero-order chi connectivity index (χ0) is 19.4. The number of likely N-dealkylation sites (tertiary alicyclic amines) is 1. The summed E-state index contributed by atoms with van der Waals surface area (Å²) < 4.78 is 0. The largest absolute Gasteiger partial charge is 0.335 e. The predicted molar refractivity (Wildman–Crippen MR) is 112 cm³/mol. The number of halogens is 1. The van der Waals surface area contributed by atoms with Gasteiger partial charge < -0.3 is 4.90 Å². The number of hydrogen-bond acceptors (Lipinski definition) is 1. The summed E-state index contributed by atoms with van der Waals surface area (Å²) in [5, 5.41) is 0.548. The molecule has 1 aliphatic heterocycles. The zero-order valence-corrected chi connectivity index (χ0v) is 17.4. The van der Waals surface area contributed by atoms with Crippen molar-refractivity contribution in [3.8, 4) is 11.1 Å². The fourth-order valence-corrected chi connectivity index (χ4v) is 5.87. The van der Waals surface area contributed by atoms with Gasteiger partial charge in [-0.2, -0.15) is 0 Å². The highest BCUT2D eigenvalue weighted by Crippen LogP contribution is 2.52. The molecule has 4 rings (SSSR count). The first-order valence-corrected chi connectivity index (χ1v) is 10.2. The van der Waals surface area contributed by atoms with Crippen LogP contribution in [-0.4, -0.2) is 23.4 Å². The van der Waals surface area contributed by atoms with Crippen LogP contribution < -0.4 is 0 Å². The molecule has 2 aliphatic rings. The molecule has 2 atom stereocenters. The van der Waals surface area contributed by atoms with Crippen molar-refractivity contribution < 1.29 is 4.79 Å². The summed E-state index contributed by atoms with van der Waals surface area (Å²) in [6.45, 7) is 9.92. The quantitative estimate of drug-likeness (QED) is 0.592. The van der Waals surface area contributed by atoms with Crippen molar-refractivity contribution in [2.45, 2.75) is 53.0 Å². The molecule has 142 valence electrons. The van der Waals surface area contributed by atoms with Crippen molar-refractivity contribution >= 4 is 17.5 Å². The van der Waals surface area contributed by atoms with Crippen molar-refractivity contribution in [1.29, 1.82) is 0 Å². The van der Waals surface area contributed by atoms with E-state index in [1.165, 1.54) is 12.0 Å². The second kappa shape index (κ2) is 6.38. The molecule has 1 amide bonds. The third-order valence-corrected chi connectivity index (χ3v) is 6.64. The monoisotopic (exact) mass is 381 g/mol. The molecule has 0 aromatic heterocycles. The summed E-state index contributed by atoms with van der Waals surface area (Å²) >= 11 is 6.59. The number of rotatable bonds is 2. The summed E-state index contributed by atoms with van der Waals surface area (Å²) in [7, 11) is 0. The molecule has 0 unspecified atom stereocenters. The van der Waals surface area contributed by atoms with Crippen LogP contribution in [0, 0.1) is 17.8 Å². The highest BCUT2D eigenvalue weighted by atomic mass is 35.5. The van der Waals surface area contributed by atoms with Crippen LogP contribution in [0.2, 0.25) is 5.02 Å². The van der Waals surface area contributed by atoms with Crippen LogP contribution in [0.1, 0.15) is 56.0 Å². The fraction of sp³-hybridized carbons (Fsp3) is 0.458. The molecule has 0 radical (unpaired) electrons. The minimum atomic E-state index is 0.0859. The summed E-state index contributed by atoms with van der Waals surface area (Å²) in [4.78, 5) is 15.4.